The molecule has 74 valence electrons. The summed E-state index contributed by atoms with van der Waals surface area (Å²) in [7, 11) is 0. The lowest BCUT2D eigenvalue weighted by Gasteiger charge is -2.05. The van der Waals surface area contributed by atoms with Gasteiger partial charge in [0.2, 0.25) is 0 Å². The molecule has 0 bridgehead atoms. The molecule has 1 heterocycles. The number of thiophene rings is 1. The maximum Gasteiger partial charge on any atom is 0.0574 e. The number of nitrogens with one attached hydrogen (secondary N) is 1. The first-order valence-corrected chi connectivity index (χ1v) is 6.88. The van der Waals surface area contributed by atoms with E-state index in [0.29, 0.717) is 0 Å². The van der Waals surface area contributed by atoms with Crippen LogP contribution in [0.2, 0.25) is 0 Å². The number of anilines is 1. The van der Waals surface area contributed by atoms with Gasteiger partial charge >= 0.3 is 0 Å². The minimum atomic E-state index is 1.04. The summed E-state index contributed by atoms with van der Waals surface area (Å²) in [6.45, 7) is 1.04. The van der Waals surface area contributed by atoms with E-state index >= 15 is 0 Å². The van der Waals surface area contributed by atoms with Crippen molar-refractivity contribution in [3.8, 4) is 0 Å². The van der Waals surface area contributed by atoms with Crippen LogP contribution in [0.4, 0.5) is 5.69 Å². The van der Waals surface area contributed by atoms with E-state index in [-0.39, 0.29) is 0 Å². The van der Waals surface area contributed by atoms with Crippen LogP contribution in [0, 0.1) is 0 Å². The van der Waals surface area contributed by atoms with Gasteiger partial charge in [-0.1, -0.05) is 12.1 Å². The second kappa shape index (κ2) is 4.71. The third-order valence-corrected chi connectivity index (χ3v) is 3.68. The van der Waals surface area contributed by atoms with E-state index in [4.69, 9.17) is 0 Å². The molecule has 1 aromatic heterocycles. The maximum absolute atomic E-state index is 3.46. The third-order valence-electron chi connectivity index (χ3n) is 2.10. The van der Waals surface area contributed by atoms with Crippen LogP contribution in [0.5, 0.6) is 0 Å². The Labute approximate surface area is 92.5 Å². The van der Waals surface area contributed by atoms with Gasteiger partial charge in [0.1, 0.15) is 0 Å². The van der Waals surface area contributed by atoms with Crippen molar-refractivity contribution >= 4 is 38.9 Å². The van der Waals surface area contributed by atoms with Crippen molar-refractivity contribution < 1.29 is 0 Å². The van der Waals surface area contributed by atoms with E-state index in [9.17, 15) is 0 Å². The highest BCUT2D eigenvalue weighted by Gasteiger charge is 2.00. The van der Waals surface area contributed by atoms with Gasteiger partial charge in [0, 0.05) is 12.3 Å². The standard InChI is InChI=1S/C11H13NS2/c1-13-8-6-12-10-4-2-3-9-5-7-14-11(9)10/h2-5,7,12H,6,8H2,1H3. The molecule has 0 atom stereocenters. The molecule has 0 fully saturated rings. The molecule has 0 saturated carbocycles. The zero-order valence-corrected chi connectivity index (χ0v) is 9.75. The molecule has 0 spiro atoms. The lowest BCUT2D eigenvalue weighted by molar-refractivity contribution is 1.24. The van der Waals surface area contributed by atoms with Crippen molar-refractivity contribution in [1.82, 2.24) is 0 Å². The topological polar surface area (TPSA) is 12.0 Å². The van der Waals surface area contributed by atoms with E-state index in [1.54, 1.807) is 11.3 Å². The van der Waals surface area contributed by atoms with Crippen LogP contribution in [-0.4, -0.2) is 18.6 Å². The van der Waals surface area contributed by atoms with Gasteiger partial charge in [-0.3, -0.25) is 0 Å². The highest BCUT2D eigenvalue weighted by molar-refractivity contribution is 7.98. The number of benzene rings is 1. The molecule has 0 radical (unpaired) electrons. The van der Waals surface area contributed by atoms with E-state index in [1.165, 1.54) is 15.8 Å². The third kappa shape index (κ3) is 2.04. The predicted octanol–water partition coefficient (Wildman–Crippen LogP) is 3.68. The average Bonchev–Trinajstić information content (AvgIpc) is 2.67. The largest absolute Gasteiger partial charge is 0.383 e. The van der Waals surface area contributed by atoms with Crippen molar-refractivity contribution in [1.29, 1.82) is 0 Å². The molecule has 2 aromatic rings. The summed E-state index contributed by atoms with van der Waals surface area (Å²) >= 11 is 3.67. The maximum atomic E-state index is 3.46. The van der Waals surface area contributed by atoms with Crippen LogP contribution >= 0.6 is 23.1 Å². The molecule has 0 saturated heterocycles. The molecular formula is C11H13NS2. The number of fused-ring (bicyclic) bond motifs is 1. The Morgan fingerprint density at radius 1 is 1.36 bits per heavy atom. The highest BCUT2D eigenvalue weighted by Crippen LogP contribution is 2.28. The molecular weight excluding hydrogens is 210 g/mol. The van der Waals surface area contributed by atoms with E-state index in [2.05, 4.69) is 41.2 Å². The zero-order chi connectivity index (χ0) is 9.80. The Hall–Kier alpha value is -0.670. The fourth-order valence-corrected chi connectivity index (χ4v) is 2.62. The van der Waals surface area contributed by atoms with Crippen molar-refractivity contribution in [2.45, 2.75) is 0 Å². The summed E-state index contributed by atoms with van der Waals surface area (Å²) < 4.78 is 1.37. The highest BCUT2D eigenvalue weighted by atomic mass is 32.2. The van der Waals surface area contributed by atoms with Gasteiger partial charge in [0.25, 0.3) is 0 Å². The average molecular weight is 223 g/mol. The second-order valence-electron chi connectivity index (χ2n) is 3.06. The normalized spacial score (nSPS) is 10.6. The van der Waals surface area contributed by atoms with Crippen molar-refractivity contribution in [3.63, 3.8) is 0 Å². The second-order valence-corrected chi connectivity index (χ2v) is 4.97. The van der Waals surface area contributed by atoms with E-state index in [1.807, 2.05) is 11.8 Å². The molecule has 1 nitrogen and oxygen atoms in total. The summed E-state index contributed by atoms with van der Waals surface area (Å²) in [6.07, 6.45) is 2.13. The number of rotatable bonds is 4. The molecule has 0 aliphatic heterocycles. The SMILES string of the molecule is CSCCNc1cccc2ccsc12. The number of thioether (sulfide) groups is 1. The van der Waals surface area contributed by atoms with Gasteiger partial charge in [0.05, 0.1) is 10.4 Å². The lowest BCUT2D eigenvalue weighted by Crippen LogP contribution is -2.03. The molecule has 0 aliphatic rings. The number of hydrogen-bond donors (Lipinski definition) is 1. The summed E-state index contributed by atoms with van der Waals surface area (Å²) in [6, 6.07) is 8.58. The Morgan fingerprint density at radius 2 is 2.29 bits per heavy atom. The van der Waals surface area contributed by atoms with Gasteiger partial charge in [0.15, 0.2) is 0 Å². The molecule has 0 aliphatic carbocycles. The monoisotopic (exact) mass is 223 g/mol. The summed E-state index contributed by atoms with van der Waals surface area (Å²) in [5, 5.41) is 6.94. The first-order valence-electron chi connectivity index (χ1n) is 4.61. The van der Waals surface area contributed by atoms with Gasteiger partial charge in [-0.2, -0.15) is 11.8 Å². The van der Waals surface area contributed by atoms with Crippen LogP contribution in [0.25, 0.3) is 10.1 Å². The van der Waals surface area contributed by atoms with Crippen LogP contribution in [0.3, 0.4) is 0 Å². The molecule has 1 aromatic carbocycles. The molecule has 0 unspecified atom stereocenters. The summed E-state index contributed by atoms with van der Waals surface area (Å²) in [4.78, 5) is 0. The fraction of sp³-hybridized carbons (Fsp3) is 0.273. The fourth-order valence-electron chi connectivity index (χ4n) is 1.42. The van der Waals surface area contributed by atoms with E-state index < -0.39 is 0 Å². The minimum absolute atomic E-state index is 1.04. The molecule has 2 rings (SSSR count). The Kier molecular flexibility index (Phi) is 3.32. The van der Waals surface area contributed by atoms with Crippen molar-refractivity contribution in [3.05, 3.63) is 29.6 Å². The van der Waals surface area contributed by atoms with E-state index in [0.717, 1.165) is 12.3 Å². The summed E-state index contributed by atoms with van der Waals surface area (Å²) in [5.74, 6) is 1.15. The molecule has 0 amide bonds. The first-order chi connectivity index (χ1) is 6.92. The van der Waals surface area contributed by atoms with Gasteiger partial charge < -0.3 is 5.32 Å². The first kappa shape index (κ1) is 9.87. The lowest BCUT2D eigenvalue weighted by atomic mass is 10.2. The Morgan fingerprint density at radius 3 is 3.14 bits per heavy atom. The van der Waals surface area contributed by atoms with Crippen LogP contribution < -0.4 is 5.32 Å². The summed E-state index contributed by atoms with van der Waals surface area (Å²) in [5.41, 5.74) is 1.27. The predicted molar refractivity (Wildman–Crippen MR) is 68.7 cm³/mol. The van der Waals surface area contributed by atoms with Gasteiger partial charge in [-0.25, -0.2) is 0 Å². The van der Waals surface area contributed by atoms with Crippen LogP contribution in [-0.2, 0) is 0 Å². The van der Waals surface area contributed by atoms with Gasteiger partial charge in [-0.15, -0.1) is 11.3 Å². The molecule has 14 heavy (non-hydrogen) atoms. The van der Waals surface area contributed by atoms with Crippen LogP contribution in [0.1, 0.15) is 0 Å². The number of hydrogen-bond acceptors (Lipinski definition) is 3. The Bertz CT molecular complexity index is 408. The Balaban J connectivity index is 2.19. The minimum Gasteiger partial charge on any atom is -0.383 e. The van der Waals surface area contributed by atoms with Crippen molar-refractivity contribution in [2.75, 3.05) is 23.9 Å². The molecule has 3 heteroatoms. The molecule has 1 N–H and O–H groups in total. The quantitative estimate of drug-likeness (QED) is 0.794. The van der Waals surface area contributed by atoms with Gasteiger partial charge in [-0.05, 0) is 29.2 Å². The van der Waals surface area contributed by atoms with Crippen molar-refractivity contribution in [2.24, 2.45) is 0 Å². The van der Waals surface area contributed by atoms with Crippen LogP contribution in [0.15, 0.2) is 29.6 Å². The smallest absolute Gasteiger partial charge is 0.0574 e. The zero-order valence-electron chi connectivity index (χ0n) is 8.12.